The van der Waals surface area contributed by atoms with Crippen LogP contribution < -0.4 is 10.6 Å². The highest BCUT2D eigenvalue weighted by Gasteiger charge is 2.44. The molecule has 31 heavy (non-hydrogen) atoms. The van der Waals surface area contributed by atoms with Crippen molar-refractivity contribution in [3.8, 4) is 0 Å². The Hall–Kier alpha value is -2.05. The third kappa shape index (κ3) is 5.42. The Bertz CT molecular complexity index is 804. The van der Waals surface area contributed by atoms with Gasteiger partial charge < -0.3 is 15.5 Å². The zero-order chi connectivity index (χ0) is 23.0. The Kier molecular flexibility index (Phi) is 6.72. The number of thiazole rings is 1. The second kappa shape index (κ2) is 8.83. The summed E-state index contributed by atoms with van der Waals surface area (Å²) in [6.45, 7) is 1.95. The van der Waals surface area contributed by atoms with Gasteiger partial charge in [0.2, 0.25) is 5.91 Å². The maximum Gasteiger partial charge on any atom is 0.443 e. The molecule has 1 unspecified atom stereocenters. The lowest BCUT2D eigenvalue weighted by Crippen LogP contribution is -2.58. The number of rotatable bonds is 3. The van der Waals surface area contributed by atoms with Crippen molar-refractivity contribution in [2.24, 2.45) is 11.8 Å². The Morgan fingerprint density at radius 1 is 1.23 bits per heavy atom. The van der Waals surface area contributed by atoms with E-state index in [9.17, 15) is 35.9 Å². The maximum absolute atomic E-state index is 13.0. The molecule has 2 heterocycles. The van der Waals surface area contributed by atoms with Crippen molar-refractivity contribution in [3.05, 3.63) is 16.1 Å². The van der Waals surface area contributed by atoms with E-state index < -0.39 is 47.3 Å². The Balaban J connectivity index is 1.80. The second-order valence-electron chi connectivity index (χ2n) is 7.82. The number of hydrogen-bond acceptors (Lipinski definition) is 4. The number of halogens is 6. The van der Waals surface area contributed by atoms with Gasteiger partial charge >= 0.3 is 18.4 Å². The van der Waals surface area contributed by atoms with Crippen LogP contribution in [0.15, 0.2) is 5.38 Å². The molecular formula is C18H22F6N4O2S. The van der Waals surface area contributed by atoms with Crippen molar-refractivity contribution < 1.29 is 35.9 Å². The molecule has 0 radical (unpaired) electrons. The quantitative estimate of drug-likeness (QED) is 0.651. The minimum atomic E-state index is -4.66. The van der Waals surface area contributed by atoms with Crippen molar-refractivity contribution in [1.29, 1.82) is 0 Å². The summed E-state index contributed by atoms with van der Waals surface area (Å²) in [6.07, 6.45) is -9.15. The van der Waals surface area contributed by atoms with E-state index in [-0.39, 0.29) is 50.4 Å². The number of amides is 3. The Morgan fingerprint density at radius 2 is 1.87 bits per heavy atom. The molecule has 6 nitrogen and oxygen atoms in total. The molecule has 13 heteroatoms. The summed E-state index contributed by atoms with van der Waals surface area (Å²) in [6, 6.07) is -2.42. The molecule has 3 rings (SSSR count). The van der Waals surface area contributed by atoms with Crippen molar-refractivity contribution in [2.75, 3.05) is 13.1 Å². The number of aromatic nitrogens is 1. The van der Waals surface area contributed by atoms with Gasteiger partial charge in [-0.2, -0.15) is 26.3 Å². The van der Waals surface area contributed by atoms with Gasteiger partial charge in [-0.25, -0.2) is 9.78 Å². The van der Waals surface area contributed by atoms with E-state index in [0.29, 0.717) is 11.3 Å². The molecule has 2 fully saturated rings. The topological polar surface area (TPSA) is 74.3 Å². The van der Waals surface area contributed by atoms with Crippen LogP contribution in [0, 0.1) is 11.8 Å². The summed E-state index contributed by atoms with van der Waals surface area (Å²) >= 11 is 0.372. The molecule has 1 aromatic heterocycles. The van der Waals surface area contributed by atoms with E-state index in [1.807, 2.05) is 0 Å². The maximum atomic E-state index is 13.0. The van der Waals surface area contributed by atoms with Crippen molar-refractivity contribution in [3.63, 3.8) is 0 Å². The van der Waals surface area contributed by atoms with Crippen LogP contribution in [0.1, 0.15) is 49.4 Å². The van der Waals surface area contributed by atoms with E-state index in [1.54, 1.807) is 0 Å². The van der Waals surface area contributed by atoms with Crippen LogP contribution in [-0.4, -0.2) is 47.1 Å². The number of hydrogen-bond donors (Lipinski definition) is 2. The molecule has 3 amide bonds. The van der Waals surface area contributed by atoms with E-state index in [2.05, 4.69) is 15.6 Å². The van der Waals surface area contributed by atoms with E-state index in [0.717, 1.165) is 0 Å². The standard InChI is InChI=1S/C18H22F6N4O2S/c1-9-14(29)25-6-7-28(9)16(30)27-13(12-8-31-15(26-12)18(22,23)24)10-2-4-11(5-3-10)17(19,20)21/h8-11,13H,2-7H2,1H3,(H,25,29)(H,27,30)/t9-,10-,11-,13?/m1/s1. The predicted molar refractivity (Wildman–Crippen MR) is 99.1 cm³/mol. The molecule has 1 aliphatic heterocycles. The molecule has 0 spiro atoms. The SMILES string of the molecule is C[C@@H]1C(=O)NCCN1C(=O)NC(c1csc(C(F)(F)F)n1)[C@H]1CC[C@H](C(F)(F)F)CC1. The summed E-state index contributed by atoms with van der Waals surface area (Å²) in [5, 5.41) is 5.34. The first-order valence-corrected chi connectivity index (χ1v) is 10.7. The zero-order valence-electron chi connectivity index (χ0n) is 16.5. The van der Waals surface area contributed by atoms with Crippen molar-refractivity contribution in [2.45, 2.75) is 57.0 Å². The molecule has 1 saturated heterocycles. The van der Waals surface area contributed by atoms with E-state index in [4.69, 9.17) is 0 Å². The molecule has 0 bridgehead atoms. The number of alkyl halides is 6. The molecule has 2 N–H and O–H groups in total. The first kappa shape index (κ1) is 23.6. The number of piperazine rings is 1. The second-order valence-corrected chi connectivity index (χ2v) is 8.67. The molecule has 0 aromatic carbocycles. The fraction of sp³-hybridized carbons (Fsp3) is 0.722. The summed E-state index contributed by atoms with van der Waals surface area (Å²) in [7, 11) is 0. The summed E-state index contributed by atoms with van der Waals surface area (Å²) in [5.41, 5.74) is -0.0322. The normalized spacial score (nSPS) is 26.4. The van der Waals surface area contributed by atoms with E-state index >= 15 is 0 Å². The monoisotopic (exact) mass is 472 g/mol. The summed E-state index contributed by atoms with van der Waals surface area (Å²) in [4.78, 5) is 29.5. The van der Waals surface area contributed by atoms with Gasteiger partial charge in [-0.1, -0.05) is 0 Å². The third-order valence-electron chi connectivity index (χ3n) is 5.83. The number of carbonyl (C=O) groups excluding carboxylic acids is 2. The van der Waals surface area contributed by atoms with Gasteiger partial charge in [0.25, 0.3) is 0 Å². The van der Waals surface area contributed by atoms with Crippen molar-refractivity contribution in [1.82, 2.24) is 20.5 Å². The van der Waals surface area contributed by atoms with Gasteiger partial charge in [0.15, 0.2) is 5.01 Å². The summed E-state index contributed by atoms with van der Waals surface area (Å²) in [5.74, 6) is -2.33. The predicted octanol–water partition coefficient (Wildman–Crippen LogP) is 4.10. The van der Waals surface area contributed by atoms with Gasteiger partial charge in [0.1, 0.15) is 6.04 Å². The summed E-state index contributed by atoms with van der Waals surface area (Å²) < 4.78 is 78.1. The largest absolute Gasteiger partial charge is 0.443 e. The first-order valence-electron chi connectivity index (χ1n) is 9.82. The minimum absolute atomic E-state index is 0.0322. The lowest BCUT2D eigenvalue weighted by Gasteiger charge is -2.37. The number of carbonyl (C=O) groups is 2. The number of nitrogens with zero attached hydrogens (tertiary/aromatic N) is 2. The molecule has 2 aliphatic rings. The highest BCUT2D eigenvalue weighted by atomic mass is 32.1. The Labute approximate surface area is 178 Å². The van der Waals surface area contributed by atoms with Crippen LogP contribution in [0.4, 0.5) is 31.1 Å². The first-order chi connectivity index (χ1) is 14.4. The van der Waals surface area contributed by atoms with Gasteiger partial charge in [-0.3, -0.25) is 4.79 Å². The smallest absolute Gasteiger partial charge is 0.353 e. The van der Waals surface area contributed by atoms with Crippen LogP contribution in [0.25, 0.3) is 0 Å². The van der Waals surface area contributed by atoms with Crippen LogP contribution in [0.3, 0.4) is 0 Å². The van der Waals surface area contributed by atoms with Crippen LogP contribution >= 0.6 is 11.3 Å². The fourth-order valence-electron chi connectivity index (χ4n) is 4.05. The number of nitrogens with one attached hydrogen (secondary N) is 2. The minimum Gasteiger partial charge on any atom is -0.353 e. The lowest BCUT2D eigenvalue weighted by atomic mass is 9.77. The van der Waals surface area contributed by atoms with Gasteiger partial charge in [-0.05, 0) is 38.5 Å². The highest BCUT2D eigenvalue weighted by molar-refractivity contribution is 7.09. The average Bonchev–Trinajstić information content (AvgIpc) is 3.18. The van der Waals surface area contributed by atoms with Gasteiger partial charge in [0.05, 0.1) is 17.7 Å². The van der Waals surface area contributed by atoms with Crippen LogP contribution in [-0.2, 0) is 11.0 Å². The van der Waals surface area contributed by atoms with Crippen LogP contribution in [0.5, 0.6) is 0 Å². The Morgan fingerprint density at radius 3 is 2.42 bits per heavy atom. The zero-order valence-corrected chi connectivity index (χ0v) is 17.3. The number of urea groups is 1. The van der Waals surface area contributed by atoms with Crippen LogP contribution in [0.2, 0.25) is 0 Å². The molecular weight excluding hydrogens is 450 g/mol. The van der Waals surface area contributed by atoms with Gasteiger partial charge in [0, 0.05) is 18.5 Å². The van der Waals surface area contributed by atoms with Gasteiger partial charge in [-0.15, -0.1) is 11.3 Å². The lowest BCUT2D eigenvalue weighted by molar-refractivity contribution is -0.184. The third-order valence-corrected chi connectivity index (χ3v) is 6.73. The fourth-order valence-corrected chi connectivity index (χ4v) is 4.77. The molecule has 1 aliphatic carbocycles. The average molecular weight is 472 g/mol. The van der Waals surface area contributed by atoms with E-state index in [1.165, 1.54) is 17.2 Å². The molecule has 174 valence electrons. The van der Waals surface area contributed by atoms with Crippen molar-refractivity contribution >= 4 is 23.3 Å². The molecule has 1 saturated carbocycles. The molecule has 2 atom stereocenters. The molecule has 1 aromatic rings. The highest BCUT2D eigenvalue weighted by Crippen LogP contribution is 2.44.